The first-order valence-corrected chi connectivity index (χ1v) is 5.84. The van der Waals surface area contributed by atoms with E-state index in [1.165, 1.54) is 6.92 Å². The molecule has 0 N–H and O–H groups in total. The van der Waals surface area contributed by atoms with Crippen LogP contribution in [0.4, 0.5) is 0 Å². The van der Waals surface area contributed by atoms with Gasteiger partial charge in [-0.05, 0) is 19.3 Å². The average molecular weight is 306 g/mol. The van der Waals surface area contributed by atoms with Crippen molar-refractivity contribution >= 4 is 11.9 Å². The molecular weight excluding hydrogens is 286 g/mol. The summed E-state index contributed by atoms with van der Waals surface area (Å²) in [7, 11) is 0. The van der Waals surface area contributed by atoms with Crippen LogP contribution in [0, 0.1) is 11.3 Å². The van der Waals surface area contributed by atoms with Crippen LogP contribution in [0.25, 0.3) is 0 Å². The van der Waals surface area contributed by atoms with E-state index in [0.717, 1.165) is 19.3 Å². The van der Waals surface area contributed by atoms with Crippen LogP contribution in [0.2, 0.25) is 0 Å². The van der Waals surface area contributed by atoms with E-state index < -0.39 is 23.3 Å². The first-order chi connectivity index (χ1) is 7.41. The maximum absolute atomic E-state index is 11.0. The van der Waals surface area contributed by atoms with Crippen molar-refractivity contribution in [2.24, 2.45) is 11.3 Å². The van der Waals surface area contributed by atoms with Crippen molar-refractivity contribution in [2.45, 2.75) is 52.9 Å². The number of rotatable bonds is 8. The fourth-order valence-electron chi connectivity index (χ4n) is 1.96. The second kappa shape index (κ2) is 12.9. The molecule has 0 radical (unpaired) electrons. The van der Waals surface area contributed by atoms with E-state index >= 15 is 0 Å². The van der Waals surface area contributed by atoms with Crippen molar-refractivity contribution in [3.05, 3.63) is 0 Å². The van der Waals surface area contributed by atoms with E-state index in [0.29, 0.717) is 12.8 Å². The number of carbonyl (C=O) groups is 2. The molecule has 18 heavy (non-hydrogen) atoms. The molecule has 0 fully saturated rings. The molecule has 0 aromatic carbocycles. The summed E-state index contributed by atoms with van der Waals surface area (Å²) in [5, 5.41) is 21.9. The monoisotopic (exact) mass is 306 g/mol. The van der Waals surface area contributed by atoms with Gasteiger partial charge >= 0.3 is 103 Å². The molecule has 0 aliphatic heterocycles. The standard InChI is InChI=1S/C12H22O4.2K/c1-4-6-7-8-9(5-2)12(3,10(13)14)11(15)16;;/h9H,4-8H2,1-3H3,(H,13,14)(H,15,16);;/q;2*+1/p-2. The Balaban J connectivity index is -0.00000112. The van der Waals surface area contributed by atoms with E-state index in [1.807, 2.05) is 6.92 Å². The molecule has 0 aliphatic carbocycles. The second-order valence-electron chi connectivity index (χ2n) is 4.38. The maximum Gasteiger partial charge on any atom is 1.00 e. The zero-order valence-electron chi connectivity index (χ0n) is 12.2. The minimum absolute atomic E-state index is 0. The quantitative estimate of drug-likeness (QED) is 0.254. The summed E-state index contributed by atoms with van der Waals surface area (Å²) in [6.07, 6.45) is 3.92. The molecule has 0 aromatic heterocycles. The van der Waals surface area contributed by atoms with Crippen LogP contribution in [0.15, 0.2) is 0 Å². The first-order valence-electron chi connectivity index (χ1n) is 5.84. The van der Waals surface area contributed by atoms with Gasteiger partial charge in [0.1, 0.15) is 0 Å². The van der Waals surface area contributed by atoms with Crippen LogP contribution in [-0.2, 0) is 9.59 Å². The third kappa shape index (κ3) is 7.29. The molecule has 0 saturated carbocycles. The van der Waals surface area contributed by atoms with Crippen molar-refractivity contribution in [1.29, 1.82) is 0 Å². The van der Waals surface area contributed by atoms with E-state index in [4.69, 9.17) is 0 Å². The molecule has 0 aliphatic rings. The van der Waals surface area contributed by atoms with Crippen molar-refractivity contribution in [3.8, 4) is 0 Å². The van der Waals surface area contributed by atoms with Gasteiger partial charge in [0.2, 0.25) is 0 Å². The largest absolute Gasteiger partial charge is 1.00 e. The van der Waals surface area contributed by atoms with Crippen LogP contribution >= 0.6 is 0 Å². The van der Waals surface area contributed by atoms with Gasteiger partial charge in [-0.3, -0.25) is 0 Å². The van der Waals surface area contributed by atoms with Gasteiger partial charge in [0, 0.05) is 5.41 Å². The van der Waals surface area contributed by atoms with Gasteiger partial charge in [0.05, 0.1) is 11.9 Å². The van der Waals surface area contributed by atoms with Crippen molar-refractivity contribution in [2.75, 3.05) is 0 Å². The molecule has 1 unspecified atom stereocenters. The van der Waals surface area contributed by atoms with E-state index in [-0.39, 0.29) is 103 Å². The molecule has 0 rings (SSSR count). The SMILES string of the molecule is CCCCCC(CC)C(C)(C(=O)[O-])C(=O)[O-].[K+].[K+]. The van der Waals surface area contributed by atoms with E-state index in [1.54, 1.807) is 6.92 Å². The maximum atomic E-state index is 11.0. The molecular formula is C12H20K2O4. The van der Waals surface area contributed by atoms with Crippen LogP contribution < -0.4 is 113 Å². The molecule has 0 amide bonds. The van der Waals surface area contributed by atoms with Gasteiger partial charge < -0.3 is 19.8 Å². The van der Waals surface area contributed by atoms with Crippen LogP contribution in [0.5, 0.6) is 0 Å². The molecule has 0 heterocycles. The fraction of sp³-hybridized carbons (Fsp3) is 0.833. The zero-order chi connectivity index (χ0) is 12.8. The molecule has 0 saturated heterocycles. The predicted molar refractivity (Wildman–Crippen MR) is 56.0 cm³/mol. The smallest absolute Gasteiger partial charge is 0.549 e. The molecule has 0 spiro atoms. The molecule has 1 atom stereocenters. The van der Waals surface area contributed by atoms with Crippen LogP contribution in [0.3, 0.4) is 0 Å². The number of hydrogen-bond donors (Lipinski definition) is 0. The Morgan fingerprint density at radius 1 is 1.06 bits per heavy atom. The van der Waals surface area contributed by atoms with Gasteiger partial charge in [-0.2, -0.15) is 0 Å². The van der Waals surface area contributed by atoms with Crippen molar-refractivity contribution < 1.29 is 123 Å². The summed E-state index contributed by atoms with van der Waals surface area (Å²) in [6.45, 7) is 5.02. The molecule has 4 nitrogen and oxygen atoms in total. The van der Waals surface area contributed by atoms with E-state index in [2.05, 4.69) is 0 Å². The third-order valence-electron chi connectivity index (χ3n) is 3.31. The predicted octanol–water partition coefficient (Wildman–Crippen LogP) is -5.89. The van der Waals surface area contributed by atoms with Crippen molar-refractivity contribution in [3.63, 3.8) is 0 Å². The van der Waals surface area contributed by atoms with Crippen LogP contribution in [0.1, 0.15) is 52.9 Å². The number of hydrogen-bond acceptors (Lipinski definition) is 4. The Hall–Kier alpha value is 2.21. The Morgan fingerprint density at radius 2 is 1.50 bits per heavy atom. The molecule has 94 valence electrons. The minimum Gasteiger partial charge on any atom is -0.549 e. The van der Waals surface area contributed by atoms with Crippen LogP contribution in [-0.4, -0.2) is 11.9 Å². The first kappa shape index (κ1) is 25.2. The summed E-state index contributed by atoms with van der Waals surface area (Å²) in [4.78, 5) is 21.9. The Morgan fingerprint density at radius 3 is 1.78 bits per heavy atom. The Bertz CT molecular complexity index is 242. The topological polar surface area (TPSA) is 80.3 Å². The number of carboxylic acids is 2. The fourth-order valence-corrected chi connectivity index (χ4v) is 1.96. The van der Waals surface area contributed by atoms with Gasteiger partial charge in [-0.15, -0.1) is 0 Å². The summed E-state index contributed by atoms with van der Waals surface area (Å²) in [6, 6.07) is 0. The molecule has 6 heteroatoms. The number of aliphatic carboxylic acids is 2. The zero-order valence-corrected chi connectivity index (χ0v) is 18.5. The normalized spacial score (nSPS) is 11.9. The number of unbranched alkanes of at least 4 members (excludes halogenated alkanes) is 2. The summed E-state index contributed by atoms with van der Waals surface area (Å²) < 4.78 is 0. The summed E-state index contributed by atoms with van der Waals surface area (Å²) >= 11 is 0. The Labute approximate surface area is 195 Å². The second-order valence-corrected chi connectivity index (χ2v) is 4.38. The molecule has 0 aromatic rings. The summed E-state index contributed by atoms with van der Waals surface area (Å²) in [5.74, 6) is -3.51. The van der Waals surface area contributed by atoms with Gasteiger partial charge in [-0.25, -0.2) is 0 Å². The number of carbonyl (C=O) groups excluding carboxylic acids is 2. The summed E-state index contributed by atoms with van der Waals surface area (Å²) in [5.41, 5.74) is -1.87. The minimum atomic E-state index is -1.87. The van der Waals surface area contributed by atoms with Gasteiger partial charge in [0.15, 0.2) is 0 Å². The van der Waals surface area contributed by atoms with E-state index in [9.17, 15) is 19.8 Å². The van der Waals surface area contributed by atoms with Gasteiger partial charge in [-0.1, -0.05) is 39.5 Å². The number of carboxylic acid groups (broad SMARTS) is 2. The van der Waals surface area contributed by atoms with Gasteiger partial charge in [0.25, 0.3) is 0 Å². The van der Waals surface area contributed by atoms with Crippen molar-refractivity contribution in [1.82, 2.24) is 0 Å². The average Bonchev–Trinajstić information content (AvgIpc) is 2.23. The molecule has 0 bridgehead atoms. The Kier molecular flexibility index (Phi) is 18.1. The third-order valence-corrected chi connectivity index (χ3v) is 3.31.